The lowest BCUT2D eigenvalue weighted by molar-refractivity contribution is -0.133. The van der Waals surface area contributed by atoms with Crippen LogP contribution in [0.2, 0.25) is 0 Å². The van der Waals surface area contributed by atoms with Crippen molar-refractivity contribution in [3.8, 4) is 0 Å². The lowest BCUT2D eigenvalue weighted by Crippen LogP contribution is -2.45. The maximum atomic E-state index is 12.7. The topological polar surface area (TPSA) is 43.9 Å². The fourth-order valence-corrected chi connectivity index (χ4v) is 4.07. The number of carbonyl (C=O) groups excluding carboxylic acids is 2. The molecule has 1 aliphatic carbocycles. The minimum Gasteiger partial charge on any atom is -0.342 e. The van der Waals surface area contributed by atoms with Crippen LogP contribution in [0.1, 0.15) is 48.9 Å². The molecule has 1 heterocycles. The summed E-state index contributed by atoms with van der Waals surface area (Å²) >= 11 is 0. The van der Waals surface area contributed by atoms with Crippen molar-refractivity contribution in [2.45, 2.75) is 44.6 Å². The molecule has 0 N–H and O–H groups in total. The standard InChI is InChI=1S/C21H31N3O2/c1-22(19-11-6-3-7-12-19)20(25)17-23-13-8-14-24(16-15-23)21(26)18-9-4-2-5-10-18/h2,4-5,9-10,19H,3,6-8,11-17H2,1H3. The van der Waals surface area contributed by atoms with Gasteiger partial charge in [-0.25, -0.2) is 0 Å². The van der Waals surface area contributed by atoms with Gasteiger partial charge in [-0.1, -0.05) is 37.5 Å². The number of benzene rings is 1. The summed E-state index contributed by atoms with van der Waals surface area (Å²) in [6.07, 6.45) is 6.98. The van der Waals surface area contributed by atoms with Gasteiger partial charge in [0.05, 0.1) is 6.54 Å². The third kappa shape index (κ3) is 4.85. The zero-order valence-corrected chi connectivity index (χ0v) is 15.9. The van der Waals surface area contributed by atoms with Crippen molar-refractivity contribution >= 4 is 11.8 Å². The molecule has 0 radical (unpaired) electrons. The molecular formula is C21H31N3O2. The molecule has 5 heteroatoms. The van der Waals surface area contributed by atoms with Crippen LogP contribution < -0.4 is 0 Å². The van der Waals surface area contributed by atoms with E-state index in [0.717, 1.165) is 44.5 Å². The van der Waals surface area contributed by atoms with Crippen molar-refractivity contribution in [2.24, 2.45) is 0 Å². The number of hydrogen-bond acceptors (Lipinski definition) is 3. The second-order valence-electron chi connectivity index (χ2n) is 7.58. The SMILES string of the molecule is CN(C(=O)CN1CCCN(C(=O)c2ccccc2)CC1)C1CCCCC1. The average Bonchev–Trinajstić information content (AvgIpc) is 2.93. The molecule has 26 heavy (non-hydrogen) atoms. The number of carbonyl (C=O) groups is 2. The van der Waals surface area contributed by atoms with E-state index in [2.05, 4.69) is 4.90 Å². The minimum atomic E-state index is 0.0955. The van der Waals surface area contributed by atoms with E-state index in [0.29, 0.717) is 19.1 Å². The molecule has 1 aromatic rings. The van der Waals surface area contributed by atoms with Crippen molar-refractivity contribution in [3.05, 3.63) is 35.9 Å². The Hall–Kier alpha value is -1.88. The number of likely N-dealkylation sites (N-methyl/N-ethyl adjacent to an activating group) is 1. The van der Waals surface area contributed by atoms with Crippen molar-refractivity contribution in [1.29, 1.82) is 0 Å². The van der Waals surface area contributed by atoms with E-state index in [9.17, 15) is 9.59 Å². The Labute approximate surface area is 156 Å². The van der Waals surface area contributed by atoms with Gasteiger partial charge < -0.3 is 9.80 Å². The number of rotatable bonds is 4. The van der Waals surface area contributed by atoms with Crippen LogP contribution in [0.4, 0.5) is 0 Å². The van der Waals surface area contributed by atoms with Gasteiger partial charge in [0, 0.05) is 44.8 Å². The van der Waals surface area contributed by atoms with Gasteiger partial charge in [-0.15, -0.1) is 0 Å². The quantitative estimate of drug-likeness (QED) is 0.832. The Morgan fingerprint density at radius 3 is 2.42 bits per heavy atom. The summed E-state index contributed by atoms with van der Waals surface area (Å²) in [5, 5.41) is 0. The first kappa shape index (κ1) is 18.9. The van der Waals surface area contributed by atoms with Crippen LogP contribution in [-0.2, 0) is 4.79 Å². The molecule has 0 bridgehead atoms. The lowest BCUT2D eigenvalue weighted by Gasteiger charge is -2.33. The van der Waals surface area contributed by atoms with Crippen LogP contribution in [0, 0.1) is 0 Å². The first-order valence-corrected chi connectivity index (χ1v) is 9.97. The molecule has 1 aliphatic heterocycles. The van der Waals surface area contributed by atoms with E-state index in [1.165, 1.54) is 19.3 Å². The number of hydrogen-bond donors (Lipinski definition) is 0. The van der Waals surface area contributed by atoms with Gasteiger partial charge in [0.25, 0.3) is 5.91 Å². The van der Waals surface area contributed by atoms with Crippen LogP contribution in [0.5, 0.6) is 0 Å². The molecule has 1 saturated carbocycles. The maximum absolute atomic E-state index is 12.7. The van der Waals surface area contributed by atoms with E-state index in [1.807, 2.05) is 47.2 Å². The highest BCUT2D eigenvalue weighted by molar-refractivity contribution is 5.94. The van der Waals surface area contributed by atoms with Gasteiger partial charge in [-0.3, -0.25) is 14.5 Å². The number of nitrogens with zero attached hydrogens (tertiary/aromatic N) is 3. The molecule has 3 rings (SSSR count). The van der Waals surface area contributed by atoms with Crippen molar-refractivity contribution in [2.75, 3.05) is 39.8 Å². The van der Waals surface area contributed by atoms with Gasteiger partial charge in [0.2, 0.25) is 5.91 Å². The summed E-state index contributed by atoms with van der Waals surface area (Å²) in [6.45, 7) is 3.57. The maximum Gasteiger partial charge on any atom is 0.253 e. The Morgan fingerprint density at radius 2 is 1.69 bits per heavy atom. The van der Waals surface area contributed by atoms with Crippen molar-refractivity contribution < 1.29 is 9.59 Å². The van der Waals surface area contributed by atoms with Gasteiger partial charge in [-0.05, 0) is 31.4 Å². The molecule has 142 valence electrons. The summed E-state index contributed by atoms with van der Waals surface area (Å²) in [6, 6.07) is 9.88. The molecule has 5 nitrogen and oxygen atoms in total. The molecule has 2 aliphatic rings. The monoisotopic (exact) mass is 357 g/mol. The zero-order chi connectivity index (χ0) is 18.4. The van der Waals surface area contributed by atoms with E-state index < -0.39 is 0 Å². The highest BCUT2D eigenvalue weighted by Crippen LogP contribution is 2.21. The molecule has 1 aromatic carbocycles. The van der Waals surface area contributed by atoms with Crippen LogP contribution in [-0.4, -0.2) is 72.3 Å². The molecular weight excluding hydrogens is 326 g/mol. The van der Waals surface area contributed by atoms with Crippen LogP contribution in [0.3, 0.4) is 0 Å². The van der Waals surface area contributed by atoms with Gasteiger partial charge in [-0.2, -0.15) is 0 Å². The Morgan fingerprint density at radius 1 is 0.962 bits per heavy atom. The van der Waals surface area contributed by atoms with Crippen LogP contribution in [0.15, 0.2) is 30.3 Å². The molecule has 0 unspecified atom stereocenters. The van der Waals surface area contributed by atoms with E-state index >= 15 is 0 Å². The first-order valence-electron chi connectivity index (χ1n) is 9.97. The Kier molecular flexibility index (Phi) is 6.67. The summed E-state index contributed by atoms with van der Waals surface area (Å²) in [5.74, 6) is 0.317. The fourth-order valence-electron chi connectivity index (χ4n) is 4.07. The third-order valence-corrected chi connectivity index (χ3v) is 5.77. The van der Waals surface area contributed by atoms with Crippen molar-refractivity contribution in [3.63, 3.8) is 0 Å². The van der Waals surface area contributed by atoms with E-state index in [4.69, 9.17) is 0 Å². The van der Waals surface area contributed by atoms with E-state index in [1.54, 1.807) is 0 Å². The Bertz CT molecular complexity index is 599. The van der Waals surface area contributed by atoms with Crippen LogP contribution in [0.25, 0.3) is 0 Å². The smallest absolute Gasteiger partial charge is 0.253 e. The molecule has 0 spiro atoms. The molecule has 0 aromatic heterocycles. The number of amides is 2. The second-order valence-corrected chi connectivity index (χ2v) is 7.58. The zero-order valence-electron chi connectivity index (χ0n) is 15.9. The third-order valence-electron chi connectivity index (χ3n) is 5.77. The molecule has 2 fully saturated rings. The minimum absolute atomic E-state index is 0.0955. The van der Waals surface area contributed by atoms with Gasteiger partial charge in [0.1, 0.15) is 0 Å². The van der Waals surface area contributed by atoms with E-state index in [-0.39, 0.29) is 11.8 Å². The predicted octanol–water partition coefficient (Wildman–Crippen LogP) is 2.63. The fraction of sp³-hybridized carbons (Fsp3) is 0.619. The molecule has 1 saturated heterocycles. The Balaban J connectivity index is 1.50. The highest BCUT2D eigenvalue weighted by atomic mass is 16.2. The van der Waals surface area contributed by atoms with Gasteiger partial charge in [0.15, 0.2) is 0 Å². The second kappa shape index (κ2) is 9.17. The lowest BCUT2D eigenvalue weighted by atomic mass is 9.94. The first-order chi connectivity index (χ1) is 12.6. The summed E-state index contributed by atoms with van der Waals surface area (Å²) < 4.78 is 0. The summed E-state index contributed by atoms with van der Waals surface area (Å²) in [4.78, 5) is 31.4. The normalized spacial score (nSPS) is 19.8. The summed E-state index contributed by atoms with van der Waals surface area (Å²) in [7, 11) is 1.96. The largest absolute Gasteiger partial charge is 0.342 e. The van der Waals surface area contributed by atoms with Crippen molar-refractivity contribution in [1.82, 2.24) is 14.7 Å². The molecule has 0 atom stereocenters. The average molecular weight is 357 g/mol. The summed E-state index contributed by atoms with van der Waals surface area (Å²) in [5.41, 5.74) is 0.744. The highest BCUT2D eigenvalue weighted by Gasteiger charge is 2.25. The predicted molar refractivity (Wildman–Crippen MR) is 103 cm³/mol. The van der Waals surface area contributed by atoms with Crippen LogP contribution >= 0.6 is 0 Å². The van der Waals surface area contributed by atoms with Gasteiger partial charge >= 0.3 is 0 Å². The molecule has 2 amide bonds.